The van der Waals surface area contributed by atoms with E-state index in [1.165, 1.54) is 30.7 Å². The quantitative estimate of drug-likeness (QED) is 0.820. The molecule has 1 aliphatic carbocycles. The van der Waals surface area contributed by atoms with Crippen LogP contribution in [0.25, 0.3) is 11.3 Å². The summed E-state index contributed by atoms with van der Waals surface area (Å²) in [6.45, 7) is -2.43. The molecule has 1 saturated carbocycles. The topological polar surface area (TPSA) is 73.2 Å². The molecule has 0 atom stereocenters. The van der Waals surface area contributed by atoms with Gasteiger partial charge in [0, 0.05) is 18.2 Å². The number of carbonyl (C=O) groups excluding carboxylic acids is 1. The van der Waals surface area contributed by atoms with Crippen LogP contribution < -0.4 is 15.6 Å². The van der Waals surface area contributed by atoms with Crippen molar-refractivity contribution in [2.24, 2.45) is 5.92 Å². The van der Waals surface area contributed by atoms with Crippen molar-refractivity contribution in [1.29, 1.82) is 0 Å². The minimum atomic E-state index is -2.89. The second-order valence-electron chi connectivity index (χ2n) is 6.22. The minimum Gasteiger partial charge on any atom is -0.435 e. The molecule has 1 heterocycles. The summed E-state index contributed by atoms with van der Waals surface area (Å²) in [5, 5.41) is 7.01. The Hall–Kier alpha value is -2.77. The molecule has 0 radical (unpaired) electrons. The molecule has 0 spiro atoms. The molecule has 8 heteroatoms. The molecule has 1 fully saturated rings. The van der Waals surface area contributed by atoms with Crippen LogP contribution in [0.5, 0.6) is 5.75 Å². The van der Waals surface area contributed by atoms with E-state index in [1.807, 2.05) is 0 Å². The second kappa shape index (κ2) is 8.07. The van der Waals surface area contributed by atoms with E-state index in [4.69, 9.17) is 0 Å². The molecule has 1 N–H and O–H groups in total. The molecule has 26 heavy (non-hydrogen) atoms. The Kier molecular flexibility index (Phi) is 5.60. The third-order valence-electron chi connectivity index (χ3n) is 4.35. The van der Waals surface area contributed by atoms with Crippen LogP contribution in [0.4, 0.5) is 8.78 Å². The standard InChI is InChI=1S/C18H19F2N3O3/c19-18(20)26-14-6-4-13(5-7-14)15-8-9-17(25)23(22-15)11-16(24)21-10-12-2-1-3-12/h4-9,12,18H,1-3,10-11H2,(H,21,24). The van der Waals surface area contributed by atoms with Crippen LogP contribution in [-0.4, -0.2) is 28.8 Å². The molecular weight excluding hydrogens is 344 g/mol. The summed E-state index contributed by atoms with van der Waals surface area (Å²) in [7, 11) is 0. The van der Waals surface area contributed by atoms with Crippen LogP contribution in [-0.2, 0) is 11.3 Å². The van der Waals surface area contributed by atoms with E-state index in [9.17, 15) is 18.4 Å². The van der Waals surface area contributed by atoms with Crippen molar-refractivity contribution in [1.82, 2.24) is 15.1 Å². The molecular formula is C18H19F2N3O3. The van der Waals surface area contributed by atoms with Gasteiger partial charge in [0.05, 0.1) is 5.69 Å². The van der Waals surface area contributed by atoms with Crippen molar-refractivity contribution in [3.05, 3.63) is 46.8 Å². The van der Waals surface area contributed by atoms with Crippen LogP contribution in [0.15, 0.2) is 41.2 Å². The molecule has 0 saturated heterocycles. The fourth-order valence-corrected chi connectivity index (χ4v) is 2.67. The number of ether oxygens (including phenoxy) is 1. The van der Waals surface area contributed by atoms with Crippen molar-refractivity contribution >= 4 is 5.91 Å². The SMILES string of the molecule is O=C(Cn1nc(-c2ccc(OC(F)F)cc2)ccc1=O)NCC1CCC1. The Labute approximate surface area is 148 Å². The lowest BCUT2D eigenvalue weighted by Gasteiger charge is -2.25. The van der Waals surface area contributed by atoms with Gasteiger partial charge in [-0.2, -0.15) is 13.9 Å². The summed E-state index contributed by atoms with van der Waals surface area (Å²) in [6.07, 6.45) is 3.45. The first-order valence-corrected chi connectivity index (χ1v) is 8.41. The van der Waals surface area contributed by atoms with E-state index in [2.05, 4.69) is 15.2 Å². The number of nitrogens with zero attached hydrogens (tertiary/aromatic N) is 2. The number of hydrogen-bond acceptors (Lipinski definition) is 4. The third kappa shape index (κ3) is 4.65. The lowest BCUT2D eigenvalue weighted by atomic mass is 9.85. The second-order valence-corrected chi connectivity index (χ2v) is 6.22. The van der Waals surface area contributed by atoms with Crippen molar-refractivity contribution in [3.8, 4) is 17.0 Å². The largest absolute Gasteiger partial charge is 0.435 e. The predicted molar refractivity (Wildman–Crippen MR) is 90.9 cm³/mol. The fraction of sp³-hybridized carbons (Fsp3) is 0.389. The van der Waals surface area contributed by atoms with Gasteiger partial charge in [0.15, 0.2) is 0 Å². The number of carbonyl (C=O) groups is 1. The molecule has 0 aliphatic heterocycles. The summed E-state index contributed by atoms with van der Waals surface area (Å²) < 4.78 is 29.8. The number of alkyl halides is 2. The lowest BCUT2D eigenvalue weighted by Crippen LogP contribution is -2.37. The van der Waals surface area contributed by atoms with Gasteiger partial charge < -0.3 is 10.1 Å². The Morgan fingerprint density at radius 2 is 1.96 bits per heavy atom. The van der Waals surface area contributed by atoms with Gasteiger partial charge in [-0.25, -0.2) is 4.68 Å². The third-order valence-corrected chi connectivity index (χ3v) is 4.35. The average Bonchev–Trinajstić information content (AvgIpc) is 2.56. The maximum Gasteiger partial charge on any atom is 0.387 e. The zero-order chi connectivity index (χ0) is 18.5. The highest BCUT2D eigenvalue weighted by Crippen LogP contribution is 2.25. The molecule has 1 aromatic heterocycles. The van der Waals surface area contributed by atoms with Gasteiger partial charge >= 0.3 is 6.61 Å². The summed E-state index contributed by atoms with van der Waals surface area (Å²) >= 11 is 0. The monoisotopic (exact) mass is 363 g/mol. The van der Waals surface area contributed by atoms with Gasteiger partial charge in [0.25, 0.3) is 5.56 Å². The smallest absolute Gasteiger partial charge is 0.387 e. The van der Waals surface area contributed by atoms with Crippen molar-refractivity contribution in [2.75, 3.05) is 6.54 Å². The molecule has 1 aliphatic rings. The number of hydrogen-bond donors (Lipinski definition) is 1. The van der Waals surface area contributed by atoms with Crippen LogP contribution in [0, 0.1) is 5.92 Å². The molecule has 3 rings (SSSR count). The first kappa shape index (κ1) is 18.0. The number of benzene rings is 1. The molecule has 1 aromatic carbocycles. The highest BCUT2D eigenvalue weighted by Gasteiger charge is 2.18. The summed E-state index contributed by atoms with van der Waals surface area (Å²) in [4.78, 5) is 23.9. The lowest BCUT2D eigenvalue weighted by molar-refractivity contribution is -0.122. The molecule has 138 valence electrons. The highest BCUT2D eigenvalue weighted by atomic mass is 19.3. The zero-order valence-electron chi connectivity index (χ0n) is 14.0. The number of amides is 1. The average molecular weight is 363 g/mol. The van der Waals surface area contributed by atoms with Crippen LogP contribution in [0.1, 0.15) is 19.3 Å². The highest BCUT2D eigenvalue weighted by molar-refractivity contribution is 5.75. The number of nitrogens with one attached hydrogen (secondary N) is 1. The maximum absolute atomic E-state index is 12.2. The van der Waals surface area contributed by atoms with Gasteiger partial charge in [-0.1, -0.05) is 6.42 Å². The van der Waals surface area contributed by atoms with E-state index in [0.717, 1.165) is 17.5 Å². The zero-order valence-corrected chi connectivity index (χ0v) is 14.0. The predicted octanol–water partition coefficient (Wildman–Crippen LogP) is 2.43. The summed E-state index contributed by atoms with van der Waals surface area (Å²) in [5.41, 5.74) is 0.695. The molecule has 6 nitrogen and oxygen atoms in total. The number of aromatic nitrogens is 2. The van der Waals surface area contributed by atoms with Gasteiger partial charge in [-0.15, -0.1) is 0 Å². The summed E-state index contributed by atoms with van der Waals surface area (Å²) in [5.74, 6) is 0.306. The van der Waals surface area contributed by atoms with E-state index < -0.39 is 6.61 Å². The Bertz CT molecular complexity index is 817. The van der Waals surface area contributed by atoms with Crippen LogP contribution >= 0.6 is 0 Å². The van der Waals surface area contributed by atoms with E-state index >= 15 is 0 Å². The Morgan fingerprint density at radius 3 is 2.58 bits per heavy atom. The van der Waals surface area contributed by atoms with Crippen molar-refractivity contribution in [3.63, 3.8) is 0 Å². The van der Waals surface area contributed by atoms with Crippen LogP contribution in [0.2, 0.25) is 0 Å². The first-order valence-electron chi connectivity index (χ1n) is 8.41. The van der Waals surface area contributed by atoms with E-state index in [-0.39, 0.29) is 23.8 Å². The molecule has 0 unspecified atom stereocenters. The van der Waals surface area contributed by atoms with Gasteiger partial charge in [0.1, 0.15) is 12.3 Å². The summed E-state index contributed by atoms with van der Waals surface area (Å²) in [6, 6.07) is 8.75. The maximum atomic E-state index is 12.2. The molecule has 1 amide bonds. The van der Waals surface area contributed by atoms with Gasteiger partial charge in [0.2, 0.25) is 5.91 Å². The number of halogens is 2. The minimum absolute atomic E-state index is 0.0347. The number of rotatable bonds is 7. The normalized spacial score (nSPS) is 14.1. The Balaban J connectivity index is 1.68. The molecule has 0 bridgehead atoms. The van der Waals surface area contributed by atoms with E-state index in [0.29, 0.717) is 23.7 Å². The fourth-order valence-electron chi connectivity index (χ4n) is 2.67. The van der Waals surface area contributed by atoms with Crippen molar-refractivity contribution in [2.45, 2.75) is 32.4 Å². The Morgan fingerprint density at radius 1 is 1.23 bits per heavy atom. The van der Waals surface area contributed by atoms with Gasteiger partial charge in [-0.05, 0) is 49.1 Å². The van der Waals surface area contributed by atoms with Gasteiger partial charge in [-0.3, -0.25) is 9.59 Å². The molecule has 2 aromatic rings. The first-order chi connectivity index (χ1) is 12.5. The van der Waals surface area contributed by atoms with Crippen molar-refractivity contribution < 1.29 is 18.3 Å². The van der Waals surface area contributed by atoms with Crippen LogP contribution in [0.3, 0.4) is 0 Å². The van der Waals surface area contributed by atoms with E-state index in [1.54, 1.807) is 12.1 Å².